The summed E-state index contributed by atoms with van der Waals surface area (Å²) in [6, 6.07) is 12.7. The number of carbonyl (C=O) groups excluding carboxylic acids is 1. The fourth-order valence-electron chi connectivity index (χ4n) is 3.92. The third kappa shape index (κ3) is 5.95. The molecular weight excluding hydrogens is 383 g/mol. The third-order valence-corrected chi connectivity index (χ3v) is 5.94. The van der Waals surface area contributed by atoms with Crippen molar-refractivity contribution in [2.75, 3.05) is 18.4 Å². The van der Waals surface area contributed by atoms with Gasteiger partial charge in [0, 0.05) is 24.8 Å². The Balaban J connectivity index is 1.54. The van der Waals surface area contributed by atoms with Gasteiger partial charge in [-0.2, -0.15) is 0 Å². The van der Waals surface area contributed by atoms with Crippen LogP contribution in [0.15, 0.2) is 48.5 Å². The summed E-state index contributed by atoms with van der Waals surface area (Å²) in [7, 11) is 0. The zero-order valence-corrected chi connectivity index (χ0v) is 17.7. The van der Waals surface area contributed by atoms with Gasteiger partial charge in [-0.15, -0.1) is 0 Å². The maximum atomic E-state index is 13.0. The smallest absolute Gasteiger partial charge is 0.321 e. The van der Waals surface area contributed by atoms with Crippen LogP contribution in [0.3, 0.4) is 0 Å². The Hall–Kier alpha value is -2.60. The topological polar surface area (TPSA) is 61.8 Å². The molecule has 162 valence electrons. The minimum absolute atomic E-state index is 0.182. The zero-order valence-electron chi connectivity index (χ0n) is 17.7. The van der Waals surface area contributed by atoms with Crippen LogP contribution in [0.5, 0.6) is 11.5 Å². The van der Waals surface area contributed by atoms with E-state index >= 15 is 0 Å². The molecule has 0 unspecified atom stereocenters. The molecule has 2 aromatic rings. The van der Waals surface area contributed by atoms with Crippen LogP contribution in [0, 0.1) is 11.7 Å². The lowest BCUT2D eigenvalue weighted by Gasteiger charge is -2.39. The minimum Gasteiger partial charge on any atom is -0.457 e. The van der Waals surface area contributed by atoms with Crippen LogP contribution in [0.1, 0.15) is 46.0 Å². The summed E-state index contributed by atoms with van der Waals surface area (Å²) in [5, 5.41) is 13.8. The van der Waals surface area contributed by atoms with Crippen LogP contribution in [0.2, 0.25) is 0 Å². The van der Waals surface area contributed by atoms with Crippen LogP contribution >= 0.6 is 0 Å². The van der Waals surface area contributed by atoms with Crippen molar-refractivity contribution in [1.82, 2.24) is 4.90 Å². The van der Waals surface area contributed by atoms with Crippen LogP contribution in [0.25, 0.3) is 0 Å². The second kappa shape index (κ2) is 9.94. The van der Waals surface area contributed by atoms with Gasteiger partial charge in [0.15, 0.2) is 0 Å². The van der Waals surface area contributed by atoms with Crippen molar-refractivity contribution in [3.05, 3.63) is 54.3 Å². The molecule has 2 aromatic carbocycles. The Morgan fingerprint density at radius 1 is 1.13 bits per heavy atom. The molecule has 1 aliphatic rings. The van der Waals surface area contributed by atoms with E-state index in [1.165, 1.54) is 12.1 Å². The highest BCUT2D eigenvalue weighted by Crippen LogP contribution is 2.32. The van der Waals surface area contributed by atoms with Crippen molar-refractivity contribution < 1.29 is 19.0 Å². The Morgan fingerprint density at radius 2 is 1.80 bits per heavy atom. The largest absolute Gasteiger partial charge is 0.457 e. The predicted molar refractivity (Wildman–Crippen MR) is 116 cm³/mol. The lowest BCUT2D eigenvalue weighted by atomic mass is 9.81. The maximum Gasteiger partial charge on any atom is 0.321 e. The van der Waals surface area contributed by atoms with Crippen LogP contribution in [0.4, 0.5) is 14.9 Å². The summed E-state index contributed by atoms with van der Waals surface area (Å²) < 4.78 is 18.8. The molecule has 30 heavy (non-hydrogen) atoms. The maximum absolute atomic E-state index is 13.0. The van der Waals surface area contributed by atoms with Gasteiger partial charge in [0.1, 0.15) is 17.3 Å². The first-order chi connectivity index (χ1) is 14.4. The van der Waals surface area contributed by atoms with Gasteiger partial charge in [0.05, 0.1) is 5.60 Å². The molecule has 0 aromatic heterocycles. The molecule has 0 radical (unpaired) electrons. The number of aliphatic hydroxyl groups is 1. The lowest BCUT2D eigenvalue weighted by Crippen LogP contribution is -2.48. The van der Waals surface area contributed by atoms with Crippen molar-refractivity contribution >= 4 is 11.7 Å². The lowest BCUT2D eigenvalue weighted by molar-refractivity contribution is -0.0309. The molecule has 1 aliphatic heterocycles. The molecule has 2 N–H and O–H groups in total. The Kier molecular flexibility index (Phi) is 7.32. The summed E-state index contributed by atoms with van der Waals surface area (Å²) in [5.41, 5.74) is -0.0476. The van der Waals surface area contributed by atoms with Gasteiger partial charge in [-0.05, 0) is 61.6 Å². The minimum atomic E-state index is -0.670. The number of ether oxygens (including phenoxy) is 1. The second-order valence-electron chi connectivity index (χ2n) is 8.11. The summed E-state index contributed by atoms with van der Waals surface area (Å²) in [5.74, 6) is 1.28. The fourth-order valence-corrected chi connectivity index (χ4v) is 3.92. The molecule has 1 saturated heterocycles. The van der Waals surface area contributed by atoms with E-state index < -0.39 is 5.60 Å². The fraction of sp³-hybridized carbons (Fsp3) is 0.458. The summed E-state index contributed by atoms with van der Waals surface area (Å²) in [6.07, 6.45) is 4.15. The van der Waals surface area contributed by atoms with Gasteiger partial charge in [-0.25, -0.2) is 9.18 Å². The molecule has 3 rings (SSSR count). The van der Waals surface area contributed by atoms with Gasteiger partial charge in [0.25, 0.3) is 0 Å². The first kappa shape index (κ1) is 22.1. The van der Waals surface area contributed by atoms with E-state index in [9.17, 15) is 14.3 Å². The molecule has 0 bridgehead atoms. The van der Waals surface area contributed by atoms with E-state index in [1.807, 2.05) is 0 Å². The number of hydrogen-bond acceptors (Lipinski definition) is 3. The van der Waals surface area contributed by atoms with E-state index in [4.69, 9.17) is 4.74 Å². The number of halogens is 1. The van der Waals surface area contributed by atoms with Gasteiger partial charge in [-0.3, -0.25) is 0 Å². The number of likely N-dealkylation sites (tertiary alicyclic amines) is 1. The number of amides is 2. The number of benzene rings is 2. The van der Waals surface area contributed by atoms with Crippen molar-refractivity contribution in [2.24, 2.45) is 5.92 Å². The quantitative estimate of drug-likeness (QED) is 0.602. The molecule has 0 saturated carbocycles. The summed E-state index contributed by atoms with van der Waals surface area (Å²) in [4.78, 5) is 14.4. The predicted octanol–water partition coefficient (Wildman–Crippen LogP) is 5.80. The first-order valence-corrected chi connectivity index (χ1v) is 10.7. The van der Waals surface area contributed by atoms with Crippen molar-refractivity contribution in [1.29, 1.82) is 0 Å². The van der Waals surface area contributed by atoms with Gasteiger partial charge in [0.2, 0.25) is 0 Å². The molecule has 0 aliphatic carbocycles. The van der Waals surface area contributed by atoms with Gasteiger partial charge in [-0.1, -0.05) is 32.8 Å². The number of piperidine rings is 1. The Bertz CT molecular complexity index is 829. The molecule has 6 heteroatoms. The highest BCUT2D eigenvalue weighted by atomic mass is 19.1. The SMILES string of the molecule is CCC(CC)CC1(O)CCN(C(=O)Nc2cccc(Oc3ccc(F)cc3)c2)CC1. The number of carbonyl (C=O) groups is 1. The zero-order chi connectivity index (χ0) is 21.6. The molecular formula is C24H31FN2O3. The molecule has 1 fully saturated rings. The number of nitrogens with zero attached hydrogens (tertiary/aromatic N) is 1. The van der Waals surface area contributed by atoms with Gasteiger partial charge < -0.3 is 20.1 Å². The number of nitrogens with one attached hydrogen (secondary N) is 1. The van der Waals surface area contributed by atoms with Crippen LogP contribution in [-0.4, -0.2) is 34.7 Å². The van der Waals surface area contributed by atoms with Gasteiger partial charge >= 0.3 is 6.03 Å². The molecule has 1 heterocycles. The van der Waals surface area contributed by atoms with Crippen molar-refractivity contribution in [2.45, 2.75) is 51.6 Å². The molecule has 0 atom stereocenters. The number of urea groups is 1. The number of hydrogen-bond donors (Lipinski definition) is 2. The average molecular weight is 415 g/mol. The van der Waals surface area contributed by atoms with Crippen LogP contribution < -0.4 is 10.1 Å². The monoisotopic (exact) mass is 414 g/mol. The van der Waals surface area contributed by atoms with E-state index in [-0.39, 0.29) is 11.8 Å². The number of anilines is 1. The van der Waals surface area contributed by atoms with E-state index in [0.29, 0.717) is 49.0 Å². The van der Waals surface area contributed by atoms with Crippen molar-refractivity contribution in [3.63, 3.8) is 0 Å². The van der Waals surface area contributed by atoms with Crippen molar-refractivity contribution in [3.8, 4) is 11.5 Å². The highest BCUT2D eigenvalue weighted by Gasteiger charge is 2.35. The average Bonchev–Trinajstić information content (AvgIpc) is 2.74. The second-order valence-corrected chi connectivity index (χ2v) is 8.11. The van der Waals surface area contributed by atoms with E-state index in [0.717, 1.165) is 19.3 Å². The standard InChI is InChI=1S/C24H31FN2O3/c1-3-18(4-2)17-24(29)12-14-27(15-13-24)23(28)26-20-6-5-7-22(16-20)30-21-10-8-19(25)9-11-21/h5-11,16,18,29H,3-4,12-15,17H2,1-2H3,(H,26,28). The molecule has 2 amide bonds. The highest BCUT2D eigenvalue weighted by molar-refractivity contribution is 5.89. The summed E-state index contributed by atoms with van der Waals surface area (Å²) in [6.45, 7) is 5.39. The van der Waals surface area contributed by atoms with Crippen LogP contribution in [-0.2, 0) is 0 Å². The first-order valence-electron chi connectivity index (χ1n) is 10.7. The van der Waals surface area contributed by atoms with E-state index in [2.05, 4.69) is 19.2 Å². The molecule has 0 spiro atoms. The Labute approximate surface area is 177 Å². The summed E-state index contributed by atoms with van der Waals surface area (Å²) >= 11 is 0. The third-order valence-electron chi connectivity index (χ3n) is 5.94. The van der Waals surface area contributed by atoms with E-state index in [1.54, 1.807) is 41.3 Å². The normalized spacial score (nSPS) is 15.8. The Morgan fingerprint density at radius 3 is 2.43 bits per heavy atom. The molecule has 5 nitrogen and oxygen atoms in total. The number of rotatable bonds is 7.